The summed E-state index contributed by atoms with van der Waals surface area (Å²) in [7, 11) is 0. The first-order valence-electron chi connectivity index (χ1n) is 11.2. The number of nitrogens with one attached hydrogen (secondary N) is 1. The zero-order chi connectivity index (χ0) is 21.7. The molecular weight excluding hydrogens is 402 g/mol. The molecule has 6 rings (SSSR count). The third kappa shape index (κ3) is 3.65. The van der Waals surface area contributed by atoms with E-state index in [0.717, 1.165) is 66.2 Å². The lowest BCUT2D eigenvalue weighted by Gasteiger charge is -2.43. The molecule has 8 nitrogen and oxygen atoms in total. The van der Waals surface area contributed by atoms with Gasteiger partial charge >= 0.3 is 0 Å². The van der Waals surface area contributed by atoms with Crippen LogP contribution in [0.2, 0.25) is 0 Å². The Kier molecular flexibility index (Phi) is 4.69. The standard InChI is InChI=1S/C24H27N7O/c1-15-11-30(7-6-26-15)12-16-13-31(14-16)23-10-27-19-4-2-17(8-20(19)28-23)18-3-5-22-21(9-18)29-24(25)32-22/h2-5,8-10,15-16,26H,6-7,11-14H2,1H3,(H2,25,29). The van der Waals surface area contributed by atoms with Crippen LogP contribution in [0.3, 0.4) is 0 Å². The van der Waals surface area contributed by atoms with Crippen molar-refractivity contribution in [2.24, 2.45) is 5.92 Å². The molecule has 8 heteroatoms. The molecule has 2 aromatic heterocycles. The summed E-state index contributed by atoms with van der Waals surface area (Å²) in [6, 6.07) is 12.9. The number of rotatable bonds is 4. The average molecular weight is 430 g/mol. The highest BCUT2D eigenvalue weighted by molar-refractivity contribution is 5.86. The van der Waals surface area contributed by atoms with Gasteiger partial charge in [-0.15, -0.1) is 0 Å². The first-order chi connectivity index (χ1) is 15.6. The minimum atomic E-state index is 0.186. The van der Waals surface area contributed by atoms with Gasteiger partial charge in [0.1, 0.15) is 11.3 Å². The molecule has 4 aromatic rings. The maximum Gasteiger partial charge on any atom is 0.292 e. The summed E-state index contributed by atoms with van der Waals surface area (Å²) < 4.78 is 5.38. The van der Waals surface area contributed by atoms with E-state index < -0.39 is 0 Å². The van der Waals surface area contributed by atoms with E-state index in [0.29, 0.717) is 17.5 Å². The Bertz CT molecular complexity index is 1280. The lowest BCUT2D eigenvalue weighted by atomic mass is 9.99. The van der Waals surface area contributed by atoms with Crippen LogP contribution < -0.4 is 16.0 Å². The molecule has 4 heterocycles. The second-order valence-electron chi connectivity index (χ2n) is 9.05. The molecule has 1 atom stereocenters. The van der Waals surface area contributed by atoms with Crippen molar-refractivity contribution >= 4 is 34.0 Å². The van der Waals surface area contributed by atoms with E-state index in [1.54, 1.807) is 0 Å². The van der Waals surface area contributed by atoms with Gasteiger partial charge in [-0.1, -0.05) is 12.1 Å². The highest BCUT2D eigenvalue weighted by Gasteiger charge is 2.30. The second-order valence-corrected chi connectivity index (χ2v) is 9.05. The maximum atomic E-state index is 5.68. The topological polar surface area (TPSA) is 96.3 Å². The van der Waals surface area contributed by atoms with Gasteiger partial charge in [0.05, 0.1) is 17.2 Å². The minimum absolute atomic E-state index is 0.186. The molecular formula is C24H27N7O. The van der Waals surface area contributed by atoms with Gasteiger partial charge in [0.15, 0.2) is 5.58 Å². The number of benzene rings is 2. The summed E-state index contributed by atoms with van der Waals surface area (Å²) in [5.41, 5.74) is 11.0. The van der Waals surface area contributed by atoms with E-state index in [4.69, 9.17) is 15.1 Å². The van der Waals surface area contributed by atoms with E-state index in [2.05, 4.69) is 44.1 Å². The number of anilines is 2. The predicted molar refractivity (Wildman–Crippen MR) is 127 cm³/mol. The summed E-state index contributed by atoms with van der Waals surface area (Å²) in [4.78, 5) is 18.7. The van der Waals surface area contributed by atoms with Crippen molar-refractivity contribution in [3.63, 3.8) is 0 Å². The summed E-state index contributed by atoms with van der Waals surface area (Å²) in [6.07, 6.45) is 1.90. The van der Waals surface area contributed by atoms with Crippen LogP contribution in [-0.2, 0) is 0 Å². The first-order valence-corrected chi connectivity index (χ1v) is 11.2. The lowest BCUT2D eigenvalue weighted by molar-refractivity contribution is 0.166. The monoisotopic (exact) mass is 429 g/mol. The molecule has 3 N–H and O–H groups in total. The number of oxazole rings is 1. The van der Waals surface area contributed by atoms with Gasteiger partial charge in [0.2, 0.25) is 0 Å². The van der Waals surface area contributed by atoms with Crippen LogP contribution in [-0.4, -0.2) is 65.2 Å². The van der Waals surface area contributed by atoms with E-state index in [1.807, 2.05) is 30.5 Å². The van der Waals surface area contributed by atoms with Crippen molar-refractivity contribution in [2.45, 2.75) is 13.0 Å². The van der Waals surface area contributed by atoms with Crippen LogP contribution in [0.1, 0.15) is 6.92 Å². The van der Waals surface area contributed by atoms with Crippen LogP contribution in [0.5, 0.6) is 0 Å². The number of hydrogen-bond donors (Lipinski definition) is 2. The van der Waals surface area contributed by atoms with Crippen LogP contribution >= 0.6 is 0 Å². The maximum absolute atomic E-state index is 5.68. The number of nitrogens with two attached hydrogens (primary N) is 1. The fraction of sp³-hybridized carbons (Fsp3) is 0.375. The number of hydrogen-bond acceptors (Lipinski definition) is 8. The summed E-state index contributed by atoms with van der Waals surface area (Å²) >= 11 is 0. The largest absolute Gasteiger partial charge is 0.424 e. The normalized spacial score (nSPS) is 20.2. The van der Waals surface area contributed by atoms with Crippen LogP contribution in [0.25, 0.3) is 33.3 Å². The predicted octanol–water partition coefficient (Wildman–Crippen LogP) is 2.75. The molecule has 0 amide bonds. The van der Waals surface area contributed by atoms with Crippen LogP contribution in [0, 0.1) is 5.92 Å². The molecule has 0 saturated carbocycles. The van der Waals surface area contributed by atoms with Gasteiger partial charge in [0, 0.05) is 51.2 Å². The van der Waals surface area contributed by atoms with Crippen molar-refractivity contribution in [1.82, 2.24) is 25.2 Å². The zero-order valence-corrected chi connectivity index (χ0v) is 18.2. The Labute approximate surface area is 186 Å². The van der Waals surface area contributed by atoms with Crippen LogP contribution in [0.15, 0.2) is 47.0 Å². The summed E-state index contributed by atoms with van der Waals surface area (Å²) in [5, 5.41) is 3.51. The quantitative estimate of drug-likeness (QED) is 0.511. The van der Waals surface area contributed by atoms with Gasteiger partial charge in [-0.25, -0.2) is 4.98 Å². The van der Waals surface area contributed by atoms with Crippen molar-refractivity contribution in [2.75, 3.05) is 49.9 Å². The van der Waals surface area contributed by atoms with Crippen molar-refractivity contribution in [3.05, 3.63) is 42.6 Å². The summed E-state index contributed by atoms with van der Waals surface area (Å²) in [5.74, 6) is 1.66. The molecule has 2 aliphatic heterocycles. The fourth-order valence-corrected chi connectivity index (χ4v) is 4.87. The molecule has 2 saturated heterocycles. The molecule has 32 heavy (non-hydrogen) atoms. The highest BCUT2D eigenvalue weighted by Crippen LogP contribution is 2.29. The van der Waals surface area contributed by atoms with Crippen molar-refractivity contribution in [3.8, 4) is 11.1 Å². The molecule has 0 radical (unpaired) electrons. The molecule has 164 valence electrons. The Morgan fingerprint density at radius 2 is 1.84 bits per heavy atom. The Hall–Kier alpha value is -3.23. The van der Waals surface area contributed by atoms with Gasteiger partial charge < -0.3 is 25.3 Å². The molecule has 2 fully saturated rings. The first kappa shape index (κ1) is 19.5. The molecule has 1 unspecified atom stereocenters. The highest BCUT2D eigenvalue weighted by atomic mass is 16.4. The van der Waals surface area contributed by atoms with Crippen molar-refractivity contribution < 1.29 is 4.42 Å². The molecule has 2 aliphatic rings. The summed E-state index contributed by atoms with van der Waals surface area (Å²) in [6.45, 7) is 8.89. The lowest BCUT2D eigenvalue weighted by Crippen LogP contribution is -2.56. The van der Waals surface area contributed by atoms with E-state index >= 15 is 0 Å². The minimum Gasteiger partial charge on any atom is -0.424 e. The number of piperazine rings is 1. The third-order valence-electron chi connectivity index (χ3n) is 6.52. The zero-order valence-electron chi connectivity index (χ0n) is 18.2. The molecule has 2 aromatic carbocycles. The number of fused-ring (bicyclic) bond motifs is 2. The molecule has 0 spiro atoms. The second kappa shape index (κ2) is 7.72. The smallest absolute Gasteiger partial charge is 0.292 e. The van der Waals surface area contributed by atoms with E-state index in [-0.39, 0.29) is 6.01 Å². The SMILES string of the molecule is CC1CN(CC2CN(c3cnc4ccc(-c5ccc6oc(N)nc6c5)cc4n3)C2)CCN1. The Morgan fingerprint density at radius 3 is 2.69 bits per heavy atom. The number of nitrogens with zero attached hydrogens (tertiary/aromatic N) is 5. The van der Waals surface area contributed by atoms with Crippen molar-refractivity contribution in [1.29, 1.82) is 0 Å². The Balaban J connectivity index is 1.19. The van der Waals surface area contributed by atoms with E-state index in [9.17, 15) is 0 Å². The van der Waals surface area contributed by atoms with Gasteiger partial charge in [-0.3, -0.25) is 4.98 Å². The van der Waals surface area contributed by atoms with Gasteiger partial charge in [-0.2, -0.15) is 4.98 Å². The molecule has 0 bridgehead atoms. The number of nitrogen functional groups attached to an aromatic ring is 1. The molecule has 0 aliphatic carbocycles. The Morgan fingerprint density at radius 1 is 1.03 bits per heavy atom. The van der Waals surface area contributed by atoms with E-state index in [1.165, 1.54) is 6.54 Å². The van der Waals surface area contributed by atoms with Gasteiger partial charge in [0.25, 0.3) is 6.01 Å². The third-order valence-corrected chi connectivity index (χ3v) is 6.52. The van der Waals surface area contributed by atoms with Gasteiger partial charge in [-0.05, 0) is 42.3 Å². The fourth-order valence-electron chi connectivity index (χ4n) is 4.87. The number of aromatic nitrogens is 3. The average Bonchev–Trinajstić information content (AvgIpc) is 3.14. The van der Waals surface area contributed by atoms with Crippen LogP contribution in [0.4, 0.5) is 11.8 Å².